The van der Waals surface area contributed by atoms with Gasteiger partial charge in [0.15, 0.2) is 6.04 Å². The average molecular weight is 311 g/mol. The van der Waals surface area contributed by atoms with Gasteiger partial charge in [-0.15, -0.1) is 5.06 Å². The van der Waals surface area contributed by atoms with Crippen LogP contribution in [0.15, 0.2) is 30.3 Å². The van der Waals surface area contributed by atoms with Crippen LogP contribution in [0.1, 0.15) is 18.9 Å². The summed E-state index contributed by atoms with van der Waals surface area (Å²) in [5.74, 6) is -1.30. The molecule has 7 nitrogen and oxygen atoms in total. The molecular formula is C15H21NO6. The molecule has 1 aromatic rings. The van der Waals surface area contributed by atoms with Crippen LogP contribution >= 0.6 is 0 Å². The van der Waals surface area contributed by atoms with Crippen molar-refractivity contribution < 1.29 is 29.4 Å². The van der Waals surface area contributed by atoms with Crippen LogP contribution in [0.3, 0.4) is 0 Å². The molecule has 0 amide bonds. The third kappa shape index (κ3) is 6.11. The largest absolute Gasteiger partial charge is 0.527 e. The van der Waals surface area contributed by atoms with Crippen molar-refractivity contribution in [2.24, 2.45) is 0 Å². The molecule has 1 rings (SSSR count). The number of ether oxygens (including phenoxy) is 1. The fourth-order valence-corrected chi connectivity index (χ4v) is 1.94. The molecule has 2 N–H and O–H groups in total. The minimum absolute atomic E-state index is 0.161. The minimum atomic E-state index is -1.35. The number of carbonyl (C=O) groups is 2. The Morgan fingerprint density at radius 3 is 2.45 bits per heavy atom. The number of likely N-dealkylation sites (N-methyl/N-ethyl adjacent to an activating group) is 1. The lowest BCUT2D eigenvalue weighted by atomic mass is 10.1. The van der Waals surface area contributed by atoms with Crippen LogP contribution < -0.4 is 0 Å². The summed E-state index contributed by atoms with van der Waals surface area (Å²) in [6, 6.07) is 8.40. The third-order valence-electron chi connectivity index (χ3n) is 2.99. The second kappa shape index (κ2) is 9.01. The van der Waals surface area contributed by atoms with Gasteiger partial charge in [0.1, 0.15) is 0 Å². The maximum absolute atomic E-state index is 11.5. The van der Waals surface area contributed by atoms with Gasteiger partial charge in [0.05, 0.1) is 12.7 Å². The first-order chi connectivity index (χ1) is 10.4. The number of nitrogens with zero attached hydrogens (tertiary/aromatic N) is 1. The number of rotatable bonds is 8. The first-order valence-corrected chi connectivity index (χ1v) is 6.94. The van der Waals surface area contributed by atoms with Gasteiger partial charge in [0, 0.05) is 7.05 Å². The molecule has 0 radical (unpaired) electrons. The molecule has 2 atom stereocenters. The number of carbonyl (C=O) groups excluding carboxylic acids is 1. The Morgan fingerprint density at radius 2 is 1.91 bits per heavy atom. The molecule has 0 saturated heterocycles. The topological polar surface area (TPSA) is 96.3 Å². The van der Waals surface area contributed by atoms with Gasteiger partial charge in [-0.1, -0.05) is 30.3 Å². The molecule has 0 spiro atoms. The van der Waals surface area contributed by atoms with Crippen molar-refractivity contribution in [2.75, 3.05) is 13.7 Å². The van der Waals surface area contributed by atoms with Gasteiger partial charge >= 0.3 is 12.1 Å². The quantitative estimate of drug-likeness (QED) is 0.426. The number of carboxylic acid groups (broad SMARTS) is 1. The molecule has 22 heavy (non-hydrogen) atoms. The molecule has 0 bridgehead atoms. The summed E-state index contributed by atoms with van der Waals surface area (Å²) < 4.78 is 4.87. The Morgan fingerprint density at radius 1 is 1.27 bits per heavy atom. The fraction of sp³-hybridized carbons (Fsp3) is 0.467. The molecule has 0 heterocycles. The van der Waals surface area contributed by atoms with Gasteiger partial charge in [-0.2, -0.15) is 0 Å². The highest BCUT2D eigenvalue weighted by Crippen LogP contribution is 2.06. The van der Waals surface area contributed by atoms with Gasteiger partial charge in [0.25, 0.3) is 0 Å². The van der Waals surface area contributed by atoms with E-state index in [0.717, 1.165) is 17.0 Å². The summed E-state index contributed by atoms with van der Waals surface area (Å²) >= 11 is 0. The zero-order valence-corrected chi connectivity index (χ0v) is 12.6. The van der Waals surface area contributed by atoms with Crippen molar-refractivity contribution in [2.45, 2.75) is 31.9 Å². The molecule has 0 aromatic heterocycles. The molecule has 7 heteroatoms. The standard InChI is InChI=1S/C15H21NO6/c1-11(17)13(14(18)19)16(2)22-15(20)21-10-6-9-12-7-4-3-5-8-12/h3-5,7-8,11,13,17H,6,9-10H2,1-2H3,(H,18,19)/t11-,13+/m1/s1. The Balaban J connectivity index is 2.29. The van der Waals surface area contributed by atoms with Crippen LogP contribution in [0.4, 0.5) is 4.79 Å². The lowest BCUT2D eigenvalue weighted by Crippen LogP contribution is -2.46. The number of aliphatic hydroxyl groups excluding tert-OH is 1. The SMILES string of the molecule is C[C@@H](O)[C@@H](C(=O)O)N(C)OC(=O)OCCCc1ccccc1. The van der Waals surface area contributed by atoms with Crippen molar-refractivity contribution in [3.8, 4) is 0 Å². The fourth-order valence-electron chi connectivity index (χ4n) is 1.94. The first kappa shape index (κ1) is 17.9. The Hall–Kier alpha value is -2.12. The van der Waals surface area contributed by atoms with Crippen LogP contribution in [-0.2, 0) is 20.8 Å². The zero-order chi connectivity index (χ0) is 16.5. The molecule has 0 fully saturated rings. The van der Waals surface area contributed by atoms with Gasteiger partial charge < -0.3 is 19.8 Å². The maximum Gasteiger partial charge on any atom is 0.527 e. The molecule has 1 aromatic carbocycles. The summed E-state index contributed by atoms with van der Waals surface area (Å²) in [5.41, 5.74) is 1.14. The number of aliphatic carboxylic acids is 1. The molecular weight excluding hydrogens is 290 g/mol. The first-order valence-electron chi connectivity index (χ1n) is 6.94. The lowest BCUT2D eigenvalue weighted by Gasteiger charge is -2.24. The van der Waals surface area contributed by atoms with E-state index in [1.165, 1.54) is 14.0 Å². The lowest BCUT2D eigenvalue weighted by molar-refractivity contribution is -0.181. The van der Waals surface area contributed by atoms with Crippen molar-refractivity contribution in [3.05, 3.63) is 35.9 Å². The van der Waals surface area contributed by atoms with Crippen molar-refractivity contribution in [1.29, 1.82) is 0 Å². The summed E-state index contributed by atoms with van der Waals surface area (Å²) in [6.07, 6.45) is -0.812. The smallest absolute Gasteiger partial charge is 0.480 e. The highest BCUT2D eigenvalue weighted by Gasteiger charge is 2.30. The molecule has 0 aliphatic carbocycles. The molecule has 0 aliphatic rings. The van der Waals surface area contributed by atoms with Gasteiger partial charge in [-0.3, -0.25) is 4.79 Å². The van der Waals surface area contributed by atoms with Crippen LogP contribution in [-0.4, -0.2) is 53.2 Å². The summed E-state index contributed by atoms with van der Waals surface area (Å²) in [4.78, 5) is 27.1. The summed E-state index contributed by atoms with van der Waals surface area (Å²) in [7, 11) is 1.25. The van der Waals surface area contributed by atoms with E-state index in [2.05, 4.69) is 0 Å². The summed E-state index contributed by atoms with van der Waals surface area (Å²) in [6.45, 7) is 1.46. The van der Waals surface area contributed by atoms with Gasteiger partial charge in [-0.25, -0.2) is 4.79 Å². The third-order valence-corrected chi connectivity index (χ3v) is 2.99. The van der Waals surface area contributed by atoms with Crippen molar-refractivity contribution in [1.82, 2.24) is 5.06 Å². The Kier molecular flexibility index (Phi) is 7.34. The second-order valence-electron chi connectivity index (χ2n) is 4.85. The maximum atomic E-state index is 11.5. The van der Waals surface area contributed by atoms with E-state index in [-0.39, 0.29) is 6.61 Å². The molecule has 0 aliphatic heterocycles. The minimum Gasteiger partial charge on any atom is -0.480 e. The van der Waals surface area contributed by atoms with Crippen LogP contribution in [0.5, 0.6) is 0 Å². The van der Waals surface area contributed by atoms with E-state index in [9.17, 15) is 14.7 Å². The second-order valence-corrected chi connectivity index (χ2v) is 4.85. The van der Waals surface area contributed by atoms with Crippen LogP contribution in [0, 0.1) is 0 Å². The van der Waals surface area contributed by atoms with Crippen molar-refractivity contribution >= 4 is 12.1 Å². The number of hydroxylamine groups is 2. The van der Waals surface area contributed by atoms with Crippen LogP contribution in [0.2, 0.25) is 0 Å². The van der Waals surface area contributed by atoms with Crippen LogP contribution in [0.25, 0.3) is 0 Å². The molecule has 122 valence electrons. The average Bonchev–Trinajstić information content (AvgIpc) is 2.43. The predicted octanol–water partition coefficient (Wildman–Crippen LogP) is 1.45. The number of aryl methyl sites for hydroxylation is 1. The highest BCUT2D eigenvalue weighted by atomic mass is 16.8. The van der Waals surface area contributed by atoms with E-state index in [1.54, 1.807) is 0 Å². The normalized spacial score (nSPS) is 13.5. The van der Waals surface area contributed by atoms with Crippen molar-refractivity contribution in [3.63, 3.8) is 0 Å². The highest BCUT2D eigenvalue weighted by molar-refractivity contribution is 5.74. The van der Waals surface area contributed by atoms with E-state index >= 15 is 0 Å². The Labute approximate surface area is 129 Å². The number of aliphatic hydroxyl groups is 1. The zero-order valence-electron chi connectivity index (χ0n) is 12.6. The number of hydrogen-bond donors (Lipinski definition) is 2. The predicted molar refractivity (Wildman–Crippen MR) is 78.1 cm³/mol. The van der Waals surface area contributed by atoms with Gasteiger partial charge in [-0.05, 0) is 25.3 Å². The Bertz CT molecular complexity index is 476. The summed E-state index contributed by atoms with van der Waals surface area (Å²) in [5, 5.41) is 19.1. The van der Waals surface area contributed by atoms with Gasteiger partial charge in [0.2, 0.25) is 0 Å². The van der Waals surface area contributed by atoms with E-state index < -0.39 is 24.3 Å². The molecule has 0 unspecified atom stereocenters. The van der Waals surface area contributed by atoms with E-state index in [4.69, 9.17) is 14.7 Å². The monoisotopic (exact) mass is 311 g/mol. The number of carboxylic acids is 1. The number of benzene rings is 1. The molecule has 0 saturated carbocycles. The van der Waals surface area contributed by atoms with E-state index in [0.29, 0.717) is 6.42 Å². The number of hydrogen-bond acceptors (Lipinski definition) is 6. The van der Waals surface area contributed by atoms with E-state index in [1.807, 2.05) is 30.3 Å².